The zero-order valence-electron chi connectivity index (χ0n) is 14.8. The number of nitrogens with one attached hydrogen (secondary N) is 1. The number of aromatic amines is 1. The summed E-state index contributed by atoms with van der Waals surface area (Å²) in [5.74, 6) is 1.11. The summed E-state index contributed by atoms with van der Waals surface area (Å²) < 4.78 is 0. The summed E-state index contributed by atoms with van der Waals surface area (Å²) in [4.78, 5) is 16.9. The lowest BCUT2D eigenvalue weighted by Crippen LogP contribution is -2.13. The zero-order chi connectivity index (χ0) is 17.2. The second-order valence-electron chi connectivity index (χ2n) is 7.28. The minimum Gasteiger partial charge on any atom is -0.322 e. The molecule has 0 radical (unpaired) electrons. The molecule has 2 aliphatic rings. The Morgan fingerprint density at radius 1 is 1.04 bits per heavy atom. The summed E-state index contributed by atoms with van der Waals surface area (Å²) in [6, 6.07) is 12.8. The Balaban J connectivity index is 1.73. The van der Waals surface area contributed by atoms with Crippen molar-refractivity contribution in [2.45, 2.75) is 49.3 Å². The maximum atomic E-state index is 12.5. The van der Waals surface area contributed by atoms with Crippen LogP contribution in [0.3, 0.4) is 0 Å². The first-order chi connectivity index (χ1) is 12.2. The van der Waals surface area contributed by atoms with E-state index < -0.39 is 0 Å². The van der Waals surface area contributed by atoms with Crippen molar-refractivity contribution in [2.75, 3.05) is 6.26 Å². The summed E-state index contributed by atoms with van der Waals surface area (Å²) in [7, 11) is 0. The smallest absolute Gasteiger partial charge is 0.251 e. The number of pyridine rings is 1. The largest absolute Gasteiger partial charge is 0.322 e. The molecular weight excluding hydrogens is 326 g/mol. The standard InChI is InChI=1S/C22H25NOS/c1-25-18-10-8-17(9-11-18)20(14-15-4-2-3-5-15)21-13-12-19(16-6-7-16)22(24)23-21/h8-16H,2-7H2,1H3,(H,23,24)/b20-14-. The van der Waals surface area contributed by atoms with Crippen molar-refractivity contribution >= 4 is 17.3 Å². The molecule has 1 aromatic heterocycles. The van der Waals surface area contributed by atoms with Crippen molar-refractivity contribution < 1.29 is 0 Å². The Hall–Kier alpha value is -1.74. The van der Waals surface area contributed by atoms with Gasteiger partial charge >= 0.3 is 0 Å². The van der Waals surface area contributed by atoms with Crippen LogP contribution in [0.25, 0.3) is 5.57 Å². The van der Waals surface area contributed by atoms with Gasteiger partial charge in [-0.3, -0.25) is 4.79 Å². The number of hydrogen-bond acceptors (Lipinski definition) is 2. The summed E-state index contributed by atoms with van der Waals surface area (Å²) >= 11 is 1.76. The van der Waals surface area contributed by atoms with E-state index in [1.54, 1.807) is 11.8 Å². The zero-order valence-corrected chi connectivity index (χ0v) is 15.6. The summed E-state index contributed by atoms with van der Waals surface area (Å²) in [5, 5.41) is 0. The molecule has 0 amide bonds. The first-order valence-electron chi connectivity index (χ1n) is 9.34. The van der Waals surface area contributed by atoms with E-state index in [0.29, 0.717) is 11.8 Å². The molecule has 1 N–H and O–H groups in total. The lowest BCUT2D eigenvalue weighted by molar-refractivity contribution is 0.687. The average molecular weight is 352 g/mol. The van der Waals surface area contributed by atoms with Gasteiger partial charge in [-0.05, 0) is 67.5 Å². The predicted molar refractivity (Wildman–Crippen MR) is 106 cm³/mol. The van der Waals surface area contributed by atoms with Gasteiger partial charge in [-0.2, -0.15) is 0 Å². The fraction of sp³-hybridized carbons (Fsp3) is 0.409. The van der Waals surface area contributed by atoms with E-state index >= 15 is 0 Å². The summed E-state index contributed by atoms with van der Waals surface area (Å²) in [6.45, 7) is 0. The van der Waals surface area contributed by atoms with E-state index in [2.05, 4.69) is 47.6 Å². The monoisotopic (exact) mass is 351 g/mol. The van der Waals surface area contributed by atoms with Crippen molar-refractivity contribution in [3.63, 3.8) is 0 Å². The van der Waals surface area contributed by atoms with Crippen LogP contribution in [-0.2, 0) is 0 Å². The number of aromatic nitrogens is 1. The highest BCUT2D eigenvalue weighted by Crippen LogP contribution is 2.38. The Bertz CT molecular complexity index is 824. The van der Waals surface area contributed by atoms with E-state index in [4.69, 9.17) is 0 Å². The lowest BCUT2D eigenvalue weighted by atomic mass is 9.95. The van der Waals surface area contributed by atoms with Gasteiger partial charge < -0.3 is 4.98 Å². The summed E-state index contributed by atoms with van der Waals surface area (Å²) in [5.41, 5.74) is 4.39. The molecule has 3 heteroatoms. The van der Waals surface area contributed by atoms with Gasteiger partial charge in [0.15, 0.2) is 0 Å². The second kappa shape index (κ2) is 7.25. The molecule has 2 nitrogen and oxygen atoms in total. The molecule has 0 saturated heterocycles. The van der Waals surface area contributed by atoms with Crippen molar-refractivity contribution in [3.8, 4) is 0 Å². The summed E-state index contributed by atoms with van der Waals surface area (Å²) in [6.07, 6.45) is 12.0. The van der Waals surface area contributed by atoms with Gasteiger partial charge in [0, 0.05) is 21.7 Å². The normalized spacial score (nSPS) is 18.7. The number of thioether (sulfide) groups is 1. The van der Waals surface area contributed by atoms with Crippen LogP contribution in [0.4, 0.5) is 0 Å². The second-order valence-corrected chi connectivity index (χ2v) is 8.16. The van der Waals surface area contributed by atoms with Crippen LogP contribution in [0.1, 0.15) is 61.3 Å². The van der Waals surface area contributed by atoms with E-state index in [0.717, 1.165) is 24.1 Å². The Morgan fingerprint density at radius 3 is 2.36 bits per heavy atom. The first kappa shape index (κ1) is 16.7. The Kier molecular flexibility index (Phi) is 4.85. The van der Waals surface area contributed by atoms with Crippen LogP contribution >= 0.6 is 11.8 Å². The van der Waals surface area contributed by atoms with Crippen molar-refractivity contribution in [1.29, 1.82) is 0 Å². The third kappa shape index (κ3) is 3.77. The Morgan fingerprint density at radius 2 is 1.76 bits per heavy atom. The van der Waals surface area contributed by atoms with Crippen LogP contribution in [0, 0.1) is 5.92 Å². The quantitative estimate of drug-likeness (QED) is 0.712. The molecule has 4 rings (SSSR count). The third-order valence-electron chi connectivity index (χ3n) is 5.45. The first-order valence-corrected chi connectivity index (χ1v) is 10.6. The Labute approximate surface area is 153 Å². The highest BCUT2D eigenvalue weighted by molar-refractivity contribution is 7.98. The SMILES string of the molecule is CSc1ccc(/C(=C/C2CCCC2)c2ccc(C3CC3)c(=O)[nH]2)cc1. The number of hydrogen-bond donors (Lipinski definition) is 1. The molecule has 25 heavy (non-hydrogen) atoms. The third-order valence-corrected chi connectivity index (χ3v) is 6.19. The van der Waals surface area contributed by atoms with Crippen LogP contribution in [0.2, 0.25) is 0 Å². The maximum Gasteiger partial charge on any atom is 0.251 e. The van der Waals surface area contributed by atoms with Gasteiger partial charge in [0.2, 0.25) is 0 Å². The van der Waals surface area contributed by atoms with Crippen LogP contribution in [0.15, 0.2) is 52.2 Å². The van der Waals surface area contributed by atoms with E-state index in [1.165, 1.54) is 41.7 Å². The topological polar surface area (TPSA) is 32.9 Å². The number of benzene rings is 1. The van der Waals surface area contributed by atoms with Crippen LogP contribution in [0.5, 0.6) is 0 Å². The molecule has 0 bridgehead atoms. The van der Waals surface area contributed by atoms with Gasteiger partial charge in [-0.15, -0.1) is 11.8 Å². The molecule has 2 saturated carbocycles. The van der Waals surface area contributed by atoms with Gasteiger partial charge in [0.1, 0.15) is 0 Å². The van der Waals surface area contributed by atoms with E-state index in [-0.39, 0.29) is 5.56 Å². The average Bonchev–Trinajstić information content (AvgIpc) is 3.35. The molecule has 1 heterocycles. The number of rotatable bonds is 5. The van der Waals surface area contributed by atoms with Gasteiger partial charge in [0.05, 0.1) is 0 Å². The fourth-order valence-electron chi connectivity index (χ4n) is 3.83. The van der Waals surface area contributed by atoms with Crippen LogP contribution < -0.4 is 5.56 Å². The van der Waals surface area contributed by atoms with Crippen molar-refractivity contribution in [2.24, 2.45) is 5.92 Å². The number of H-pyrrole nitrogens is 1. The lowest BCUT2D eigenvalue weighted by Gasteiger charge is -2.13. The maximum absolute atomic E-state index is 12.5. The minimum atomic E-state index is 0.0954. The highest BCUT2D eigenvalue weighted by atomic mass is 32.2. The molecule has 0 aliphatic heterocycles. The molecule has 0 spiro atoms. The van der Waals surface area contributed by atoms with Crippen molar-refractivity contribution in [3.05, 3.63) is 69.6 Å². The molecular formula is C22H25NOS. The minimum absolute atomic E-state index is 0.0954. The fourth-order valence-corrected chi connectivity index (χ4v) is 4.24. The molecule has 130 valence electrons. The molecule has 2 aliphatic carbocycles. The molecule has 1 aromatic carbocycles. The highest BCUT2D eigenvalue weighted by Gasteiger charge is 2.26. The van der Waals surface area contributed by atoms with Crippen LogP contribution in [-0.4, -0.2) is 11.2 Å². The molecule has 2 aromatic rings. The van der Waals surface area contributed by atoms with E-state index in [1.807, 2.05) is 6.07 Å². The van der Waals surface area contributed by atoms with Gasteiger partial charge in [0.25, 0.3) is 5.56 Å². The van der Waals surface area contributed by atoms with E-state index in [9.17, 15) is 4.79 Å². The van der Waals surface area contributed by atoms with Gasteiger partial charge in [-0.25, -0.2) is 0 Å². The molecule has 0 unspecified atom stereocenters. The number of allylic oxidation sites excluding steroid dienone is 1. The molecule has 2 fully saturated rings. The molecule has 0 atom stereocenters. The van der Waals surface area contributed by atoms with Crippen molar-refractivity contribution in [1.82, 2.24) is 4.98 Å². The van der Waals surface area contributed by atoms with Gasteiger partial charge in [-0.1, -0.05) is 37.1 Å². The predicted octanol–water partition coefficient (Wildman–Crippen LogP) is 5.60.